The topological polar surface area (TPSA) is 36.9 Å². The van der Waals surface area contributed by atoms with Crippen molar-refractivity contribution < 1.29 is 27.7 Å². The summed E-state index contributed by atoms with van der Waals surface area (Å²) in [5, 5.41) is 0. The zero-order valence-corrected chi connectivity index (χ0v) is 11.6. The highest BCUT2D eigenvalue weighted by Crippen LogP contribution is 2.35. The summed E-state index contributed by atoms with van der Waals surface area (Å²) in [5.41, 5.74) is 0.669. The van der Waals surface area contributed by atoms with Crippen molar-refractivity contribution in [3.8, 4) is 11.5 Å². The molecule has 1 aromatic carbocycles. The van der Waals surface area contributed by atoms with Crippen LogP contribution in [0.5, 0.6) is 11.5 Å². The zero-order valence-electron chi connectivity index (χ0n) is 10.9. The summed E-state index contributed by atoms with van der Waals surface area (Å²) in [6.07, 6.45) is -0.743. The van der Waals surface area contributed by atoms with Crippen LogP contribution in [0, 0.1) is 0 Å². The van der Waals surface area contributed by atoms with Gasteiger partial charge in [-0.1, -0.05) is 0 Å². The summed E-state index contributed by atoms with van der Waals surface area (Å²) < 4.78 is 45.3. The van der Waals surface area contributed by atoms with Gasteiger partial charge in [0.15, 0.2) is 17.8 Å². The third-order valence-electron chi connectivity index (χ3n) is 2.68. The van der Waals surface area contributed by atoms with Crippen molar-refractivity contribution >= 4 is 11.6 Å². The second-order valence-corrected chi connectivity index (χ2v) is 4.40. The van der Waals surface area contributed by atoms with E-state index in [-0.39, 0.29) is 17.6 Å². The van der Waals surface area contributed by atoms with Crippen molar-refractivity contribution in [3.05, 3.63) is 23.8 Å². The largest absolute Gasteiger partial charge is 0.490 e. The first-order valence-electron chi connectivity index (χ1n) is 6.18. The van der Waals surface area contributed by atoms with Gasteiger partial charge in [-0.2, -0.15) is 8.78 Å². The van der Waals surface area contributed by atoms with Crippen molar-refractivity contribution in [2.75, 3.05) is 19.1 Å². The molecule has 1 aliphatic heterocycles. The van der Waals surface area contributed by atoms with E-state index in [0.717, 1.165) is 0 Å². The van der Waals surface area contributed by atoms with E-state index >= 15 is 0 Å². The lowest BCUT2D eigenvalue weighted by Gasteiger charge is -2.15. The van der Waals surface area contributed by atoms with E-state index in [2.05, 4.69) is 4.74 Å². The van der Waals surface area contributed by atoms with Gasteiger partial charge < -0.3 is 18.9 Å². The lowest BCUT2D eigenvalue weighted by molar-refractivity contribution is -0.0577. The van der Waals surface area contributed by atoms with Crippen molar-refractivity contribution in [3.63, 3.8) is 0 Å². The molecule has 0 N–H and O–H groups in total. The van der Waals surface area contributed by atoms with Gasteiger partial charge in [-0.3, -0.25) is 0 Å². The number of halogens is 3. The average Bonchev–Trinajstić information content (AvgIpc) is 2.89. The van der Waals surface area contributed by atoms with Gasteiger partial charge in [0.1, 0.15) is 0 Å². The van der Waals surface area contributed by atoms with E-state index in [1.807, 2.05) is 0 Å². The fraction of sp³-hybridized carbons (Fsp3) is 0.538. The highest BCUT2D eigenvalue weighted by Gasteiger charge is 2.27. The Morgan fingerprint density at radius 2 is 2.20 bits per heavy atom. The molecule has 0 aromatic heterocycles. The van der Waals surface area contributed by atoms with Gasteiger partial charge in [-0.15, -0.1) is 11.6 Å². The number of alkyl halides is 3. The lowest BCUT2D eigenvalue weighted by atomic mass is 10.2. The van der Waals surface area contributed by atoms with Crippen LogP contribution in [0.2, 0.25) is 0 Å². The van der Waals surface area contributed by atoms with Crippen LogP contribution in [-0.4, -0.2) is 31.8 Å². The zero-order chi connectivity index (χ0) is 14.5. The van der Waals surface area contributed by atoms with Gasteiger partial charge in [0.05, 0.1) is 25.2 Å². The minimum Gasteiger partial charge on any atom is -0.490 e. The molecule has 0 amide bonds. The Morgan fingerprint density at radius 3 is 2.80 bits per heavy atom. The molecular weight excluding hydrogens is 294 g/mol. The molecule has 7 heteroatoms. The van der Waals surface area contributed by atoms with Gasteiger partial charge in [-0.25, -0.2) is 0 Å². The Hall–Kier alpha value is -1.11. The molecule has 0 aliphatic carbocycles. The van der Waals surface area contributed by atoms with Crippen molar-refractivity contribution in [2.24, 2.45) is 0 Å². The van der Waals surface area contributed by atoms with Crippen LogP contribution in [0.1, 0.15) is 18.8 Å². The van der Waals surface area contributed by atoms with Crippen LogP contribution in [0.3, 0.4) is 0 Å². The van der Waals surface area contributed by atoms with E-state index in [1.165, 1.54) is 6.07 Å². The third-order valence-corrected chi connectivity index (χ3v) is 3.02. The molecule has 20 heavy (non-hydrogen) atoms. The predicted octanol–water partition coefficient (Wildman–Crippen LogP) is 3.34. The van der Waals surface area contributed by atoms with Crippen LogP contribution >= 0.6 is 11.6 Å². The van der Waals surface area contributed by atoms with Gasteiger partial charge in [0.2, 0.25) is 0 Å². The van der Waals surface area contributed by atoms with Gasteiger partial charge >= 0.3 is 6.61 Å². The van der Waals surface area contributed by atoms with E-state index in [4.69, 9.17) is 25.8 Å². The maximum Gasteiger partial charge on any atom is 0.387 e. The summed E-state index contributed by atoms with van der Waals surface area (Å²) in [5.74, 6) is 0.547. The standard InChI is InChI=1S/C13H15ClF2O4/c1-2-17-11-5-8(3-4-10(11)20-13(15)16)12-18-7-9(6-14)19-12/h3-5,9,12-13H,2,6-7H2,1H3. The molecule has 1 fully saturated rings. The Labute approximate surface area is 120 Å². The molecule has 0 radical (unpaired) electrons. The van der Waals surface area contributed by atoms with Gasteiger partial charge in [-0.05, 0) is 25.1 Å². The summed E-state index contributed by atoms with van der Waals surface area (Å²) in [7, 11) is 0. The van der Waals surface area contributed by atoms with Crippen molar-refractivity contribution in [2.45, 2.75) is 25.9 Å². The number of rotatable bonds is 6. The summed E-state index contributed by atoms with van der Waals surface area (Å²) in [4.78, 5) is 0. The van der Waals surface area contributed by atoms with Crippen LogP contribution in [0.4, 0.5) is 8.78 Å². The van der Waals surface area contributed by atoms with Gasteiger partial charge in [0, 0.05) is 5.56 Å². The molecule has 0 spiro atoms. The fourth-order valence-corrected chi connectivity index (χ4v) is 2.00. The predicted molar refractivity (Wildman–Crippen MR) is 68.5 cm³/mol. The minimum absolute atomic E-state index is 0.0162. The second-order valence-electron chi connectivity index (χ2n) is 4.10. The lowest BCUT2D eigenvalue weighted by Crippen LogP contribution is -2.11. The molecule has 2 atom stereocenters. The molecule has 0 bridgehead atoms. The summed E-state index contributed by atoms with van der Waals surface area (Å²) in [6.45, 7) is -0.419. The van der Waals surface area contributed by atoms with Crippen LogP contribution in [0.25, 0.3) is 0 Å². The van der Waals surface area contributed by atoms with Crippen LogP contribution in [0.15, 0.2) is 18.2 Å². The number of benzene rings is 1. The van der Waals surface area contributed by atoms with E-state index in [9.17, 15) is 8.78 Å². The van der Waals surface area contributed by atoms with E-state index in [0.29, 0.717) is 24.7 Å². The first-order valence-corrected chi connectivity index (χ1v) is 6.72. The van der Waals surface area contributed by atoms with Crippen LogP contribution < -0.4 is 9.47 Å². The van der Waals surface area contributed by atoms with Crippen molar-refractivity contribution in [1.82, 2.24) is 0 Å². The maximum absolute atomic E-state index is 12.3. The molecule has 1 heterocycles. The molecular formula is C13H15ClF2O4. The number of ether oxygens (including phenoxy) is 4. The Morgan fingerprint density at radius 1 is 1.40 bits per heavy atom. The fourth-order valence-electron chi connectivity index (χ4n) is 1.84. The quantitative estimate of drug-likeness (QED) is 0.755. The molecule has 2 unspecified atom stereocenters. The Bertz CT molecular complexity index is 444. The Kier molecular flexibility index (Phi) is 5.39. The highest BCUT2D eigenvalue weighted by atomic mass is 35.5. The number of hydrogen-bond acceptors (Lipinski definition) is 4. The first-order chi connectivity index (χ1) is 9.63. The van der Waals surface area contributed by atoms with E-state index < -0.39 is 12.9 Å². The maximum atomic E-state index is 12.3. The molecule has 4 nitrogen and oxygen atoms in total. The monoisotopic (exact) mass is 308 g/mol. The smallest absolute Gasteiger partial charge is 0.387 e. The summed E-state index contributed by atoms with van der Waals surface area (Å²) in [6, 6.07) is 4.58. The minimum atomic E-state index is -2.90. The SMILES string of the molecule is CCOc1cc(C2OCC(CCl)O2)ccc1OC(F)F. The normalized spacial score (nSPS) is 22.2. The molecule has 2 rings (SSSR count). The second kappa shape index (κ2) is 7.06. The highest BCUT2D eigenvalue weighted by molar-refractivity contribution is 6.18. The molecule has 1 aromatic rings. The van der Waals surface area contributed by atoms with E-state index in [1.54, 1.807) is 19.1 Å². The summed E-state index contributed by atoms with van der Waals surface area (Å²) >= 11 is 5.69. The van der Waals surface area contributed by atoms with Gasteiger partial charge in [0.25, 0.3) is 0 Å². The molecule has 1 saturated heterocycles. The molecule has 0 saturated carbocycles. The van der Waals surface area contributed by atoms with Crippen molar-refractivity contribution in [1.29, 1.82) is 0 Å². The Balaban J connectivity index is 2.16. The third kappa shape index (κ3) is 3.71. The first kappa shape index (κ1) is 15.3. The van der Waals surface area contributed by atoms with Crippen LogP contribution in [-0.2, 0) is 9.47 Å². The molecule has 1 aliphatic rings. The average molecular weight is 309 g/mol. The number of hydrogen-bond donors (Lipinski definition) is 0. The molecule has 112 valence electrons.